The second-order valence-corrected chi connectivity index (χ2v) is 4.53. The second kappa shape index (κ2) is 8.12. The van der Waals surface area contributed by atoms with E-state index in [4.69, 9.17) is 9.47 Å². The van der Waals surface area contributed by atoms with E-state index in [0.717, 1.165) is 0 Å². The minimum Gasteiger partial charge on any atom is -0.382 e. The first-order valence-corrected chi connectivity index (χ1v) is 6.83. The maximum Gasteiger partial charge on any atom is 0.245 e. The van der Waals surface area contributed by atoms with Crippen LogP contribution in [0.15, 0.2) is 0 Å². The van der Waals surface area contributed by atoms with E-state index in [1.807, 2.05) is 13.8 Å². The van der Waals surface area contributed by atoms with Crippen molar-refractivity contribution in [1.29, 1.82) is 0 Å². The summed E-state index contributed by atoms with van der Waals surface area (Å²) in [7, 11) is 1.61. The van der Waals surface area contributed by atoms with Crippen LogP contribution < -0.4 is 5.32 Å². The maximum absolute atomic E-state index is 12.2. The molecule has 2 amide bonds. The Morgan fingerprint density at radius 3 is 2.47 bits per heavy atom. The van der Waals surface area contributed by atoms with Crippen LogP contribution in [0.2, 0.25) is 0 Å². The lowest BCUT2D eigenvalue weighted by atomic mass is 10.0. The molecule has 1 rings (SSSR count). The summed E-state index contributed by atoms with van der Waals surface area (Å²) in [5.74, 6) is -0.0740. The van der Waals surface area contributed by atoms with Crippen molar-refractivity contribution in [3.05, 3.63) is 0 Å². The van der Waals surface area contributed by atoms with E-state index >= 15 is 0 Å². The predicted octanol–water partition coefficient (Wildman–Crippen LogP) is 0.165. The summed E-state index contributed by atoms with van der Waals surface area (Å²) in [6.45, 7) is 5.70. The zero-order valence-electron chi connectivity index (χ0n) is 12.0. The highest BCUT2D eigenvalue weighted by molar-refractivity contribution is 5.96. The topological polar surface area (TPSA) is 67.9 Å². The number of hydrogen-bond donors (Lipinski definition) is 1. The van der Waals surface area contributed by atoms with Gasteiger partial charge in [-0.3, -0.25) is 9.59 Å². The molecule has 1 heterocycles. The van der Waals surface area contributed by atoms with Gasteiger partial charge in [-0.25, -0.2) is 0 Å². The van der Waals surface area contributed by atoms with Crippen LogP contribution in [0.3, 0.4) is 0 Å². The third kappa shape index (κ3) is 4.18. The standard InChI is InChI=1S/C13H24N2O4/c1-4-10-13(17)15(6-7-19-9-8-18-3)11(5-2)12(16)14-10/h10-11H,4-9H2,1-3H3,(H,14,16). The summed E-state index contributed by atoms with van der Waals surface area (Å²) in [4.78, 5) is 25.8. The Morgan fingerprint density at radius 2 is 1.89 bits per heavy atom. The molecule has 0 spiro atoms. The van der Waals surface area contributed by atoms with Crippen molar-refractivity contribution in [3.8, 4) is 0 Å². The summed E-state index contributed by atoms with van der Waals surface area (Å²) >= 11 is 0. The van der Waals surface area contributed by atoms with Crippen molar-refractivity contribution in [2.45, 2.75) is 38.8 Å². The molecule has 6 nitrogen and oxygen atoms in total. The molecule has 2 atom stereocenters. The molecule has 0 aromatic carbocycles. The Morgan fingerprint density at radius 1 is 1.16 bits per heavy atom. The van der Waals surface area contributed by atoms with Gasteiger partial charge in [0.25, 0.3) is 0 Å². The van der Waals surface area contributed by atoms with Gasteiger partial charge >= 0.3 is 0 Å². The molecule has 0 radical (unpaired) electrons. The van der Waals surface area contributed by atoms with Gasteiger partial charge in [-0.1, -0.05) is 13.8 Å². The van der Waals surface area contributed by atoms with Gasteiger partial charge < -0.3 is 19.7 Å². The molecule has 1 aliphatic heterocycles. The van der Waals surface area contributed by atoms with E-state index < -0.39 is 6.04 Å². The van der Waals surface area contributed by atoms with E-state index in [0.29, 0.717) is 39.2 Å². The van der Waals surface area contributed by atoms with Gasteiger partial charge in [0.05, 0.1) is 19.8 Å². The Labute approximate surface area is 114 Å². The van der Waals surface area contributed by atoms with Crippen LogP contribution in [0.5, 0.6) is 0 Å². The first-order valence-electron chi connectivity index (χ1n) is 6.83. The number of nitrogens with zero attached hydrogens (tertiary/aromatic N) is 1. The third-order valence-corrected chi connectivity index (χ3v) is 3.28. The van der Waals surface area contributed by atoms with Gasteiger partial charge in [-0.2, -0.15) is 0 Å². The van der Waals surface area contributed by atoms with Crippen LogP contribution in [-0.2, 0) is 19.1 Å². The second-order valence-electron chi connectivity index (χ2n) is 4.53. The Kier molecular flexibility index (Phi) is 6.80. The predicted molar refractivity (Wildman–Crippen MR) is 70.7 cm³/mol. The quantitative estimate of drug-likeness (QED) is 0.639. The van der Waals surface area contributed by atoms with Crippen LogP contribution in [0, 0.1) is 0 Å². The van der Waals surface area contributed by atoms with Crippen molar-refractivity contribution in [3.63, 3.8) is 0 Å². The summed E-state index contributed by atoms with van der Waals surface area (Å²) in [5, 5.41) is 2.77. The van der Waals surface area contributed by atoms with Crippen LogP contribution in [0.4, 0.5) is 0 Å². The largest absolute Gasteiger partial charge is 0.382 e. The van der Waals surface area contributed by atoms with Gasteiger partial charge in [0.15, 0.2) is 0 Å². The zero-order chi connectivity index (χ0) is 14.3. The fourth-order valence-corrected chi connectivity index (χ4v) is 2.18. The number of nitrogens with one attached hydrogen (secondary N) is 1. The highest BCUT2D eigenvalue weighted by Gasteiger charge is 2.38. The average Bonchev–Trinajstić information content (AvgIpc) is 2.41. The lowest BCUT2D eigenvalue weighted by Gasteiger charge is -2.38. The molecule has 0 aliphatic carbocycles. The van der Waals surface area contributed by atoms with Gasteiger partial charge in [0.2, 0.25) is 11.8 Å². The number of rotatable bonds is 8. The summed E-state index contributed by atoms with van der Waals surface area (Å²) < 4.78 is 10.3. The lowest BCUT2D eigenvalue weighted by molar-refractivity contribution is -0.150. The van der Waals surface area contributed by atoms with E-state index in [1.54, 1.807) is 12.0 Å². The maximum atomic E-state index is 12.2. The molecule has 1 fully saturated rings. The van der Waals surface area contributed by atoms with Crippen molar-refractivity contribution in [2.75, 3.05) is 33.5 Å². The Bertz CT molecular complexity index is 309. The Balaban J connectivity index is 2.53. The molecule has 19 heavy (non-hydrogen) atoms. The van der Waals surface area contributed by atoms with E-state index in [-0.39, 0.29) is 17.9 Å². The van der Waals surface area contributed by atoms with Crippen LogP contribution >= 0.6 is 0 Å². The minimum absolute atomic E-state index is 0.00992. The summed E-state index contributed by atoms with van der Waals surface area (Å²) in [6, 6.07) is -0.768. The number of methoxy groups -OCH3 is 1. The first kappa shape index (κ1) is 15.9. The minimum atomic E-state index is -0.394. The summed E-state index contributed by atoms with van der Waals surface area (Å²) in [5.41, 5.74) is 0. The number of hydrogen-bond acceptors (Lipinski definition) is 4. The molecule has 1 saturated heterocycles. The molecule has 0 bridgehead atoms. The van der Waals surface area contributed by atoms with Crippen molar-refractivity contribution in [1.82, 2.24) is 10.2 Å². The van der Waals surface area contributed by atoms with Gasteiger partial charge in [-0.15, -0.1) is 0 Å². The molecule has 1 aliphatic rings. The van der Waals surface area contributed by atoms with E-state index in [1.165, 1.54) is 0 Å². The number of carbonyl (C=O) groups excluding carboxylic acids is 2. The molecule has 0 aromatic rings. The molecular formula is C13H24N2O4. The smallest absolute Gasteiger partial charge is 0.245 e. The fourth-order valence-electron chi connectivity index (χ4n) is 2.18. The Hall–Kier alpha value is -1.14. The number of ether oxygens (including phenoxy) is 2. The average molecular weight is 272 g/mol. The SMILES string of the molecule is CCC1NC(=O)C(CC)N(CCOCCOC)C1=O. The van der Waals surface area contributed by atoms with Crippen molar-refractivity contribution < 1.29 is 19.1 Å². The molecule has 2 unspecified atom stereocenters. The van der Waals surface area contributed by atoms with Crippen molar-refractivity contribution >= 4 is 11.8 Å². The van der Waals surface area contributed by atoms with Gasteiger partial charge in [0.1, 0.15) is 12.1 Å². The van der Waals surface area contributed by atoms with Crippen LogP contribution in [-0.4, -0.2) is 62.3 Å². The fraction of sp³-hybridized carbons (Fsp3) is 0.846. The summed E-state index contributed by atoms with van der Waals surface area (Å²) in [6.07, 6.45) is 1.23. The molecule has 6 heteroatoms. The molecular weight excluding hydrogens is 248 g/mol. The molecule has 110 valence electrons. The van der Waals surface area contributed by atoms with E-state index in [2.05, 4.69) is 5.32 Å². The normalized spacial score (nSPS) is 23.6. The molecule has 0 saturated carbocycles. The third-order valence-electron chi connectivity index (χ3n) is 3.28. The van der Waals surface area contributed by atoms with Crippen LogP contribution in [0.1, 0.15) is 26.7 Å². The van der Waals surface area contributed by atoms with Gasteiger partial charge in [0, 0.05) is 13.7 Å². The molecule has 1 N–H and O–H groups in total. The van der Waals surface area contributed by atoms with Gasteiger partial charge in [-0.05, 0) is 12.8 Å². The first-order chi connectivity index (χ1) is 9.15. The highest BCUT2D eigenvalue weighted by Crippen LogP contribution is 2.14. The highest BCUT2D eigenvalue weighted by atomic mass is 16.5. The number of carbonyl (C=O) groups is 2. The number of amides is 2. The molecule has 0 aromatic heterocycles. The zero-order valence-corrected chi connectivity index (χ0v) is 12.0. The van der Waals surface area contributed by atoms with Crippen LogP contribution in [0.25, 0.3) is 0 Å². The lowest BCUT2D eigenvalue weighted by Crippen LogP contribution is -2.63. The van der Waals surface area contributed by atoms with E-state index in [9.17, 15) is 9.59 Å². The number of piperazine rings is 1. The van der Waals surface area contributed by atoms with Crippen molar-refractivity contribution in [2.24, 2.45) is 0 Å². The monoisotopic (exact) mass is 272 g/mol.